The van der Waals surface area contributed by atoms with Gasteiger partial charge in [0.05, 0.1) is 22.5 Å². The zero-order chi connectivity index (χ0) is 24.5. The molecule has 0 radical (unpaired) electrons. The molecule has 0 saturated carbocycles. The van der Waals surface area contributed by atoms with E-state index in [9.17, 15) is 22.0 Å². The maximum atomic E-state index is 13.1. The smallest absolute Gasteiger partial charge is 0.387 e. The molecule has 0 fully saturated rings. The van der Waals surface area contributed by atoms with Crippen LogP contribution < -0.4 is 15.8 Å². The minimum atomic E-state index is -3.78. The lowest BCUT2D eigenvalue weighted by Crippen LogP contribution is -2.16. The number of hydrogen-bond acceptors (Lipinski definition) is 8. The van der Waals surface area contributed by atoms with Crippen LogP contribution in [0.15, 0.2) is 53.9 Å². The minimum Gasteiger partial charge on any atom is -0.434 e. The second-order valence-corrected chi connectivity index (χ2v) is 9.22. The average molecular weight is 491 g/mol. The minimum absolute atomic E-state index is 0.0285. The molecule has 0 aliphatic rings. The summed E-state index contributed by atoms with van der Waals surface area (Å²) in [5, 5.41) is 11.0. The summed E-state index contributed by atoms with van der Waals surface area (Å²) in [4.78, 5) is 16.9. The highest BCUT2D eigenvalue weighted by molar-refractivity contribution is 7.91. The van der Waals surface area contributed by atoms with Crippen LogP contribution in [0, 0.1) is 0 Å². The van der Waals surface area contributed by atoms with Crippen molar-refractivity contribution in [2.75, 3.05) is 17.6 Å². The van der Waals surface area contributed by atoms with E-state index < -0.39 is 22.4 Å². The molecule has 3 aromatic heterocycles. The second-order valence-electron chi connectivity index (χ2n) is 7.11. The lowest BCUT2D eigenvalue weighted by atomic mass is 10.1. The highest BCUT2D eigenvalue weighted by atomic mass is 32.2. The quantitative estimate of drug-likeness (QED) is 0.379. The van der Waals surface area contributed by atoms with E-state index in [-0.39, 0.29) is 45.5 Å². The van der Waals surface area contributed by atoms with Crippen LogP contribution in [0.5, 0.6) is 5.75 Å². The van der Waals surface area contributed by atoms with E-state index in [2.05, 4.69) is 25.2 Å². The third kappa shape index (κ3) is 4.58. The van der Waals surface area contributed by atoms with Gasteiger partial charge in [-0.2, -0.15) is 19.0 Å². The first kappa shape index (κ1) is 23.3. The monoisotopic (exact) mass is 491 g/mol. The van der Waals surface area contributed by atoms with Crippen molar-refractivity contribution in [1.29, 1.82) is 0 Å². The fraction of sp³-hybridized carbons (Fsp3) is 0.200. The number of halogens is 2. The number of aromatic nitrogens is 5. The number of hydrogen-bond donors (Lipinski definition) is 2. The number of rotatable bonds is 8. The number of alkyl halides is 2. The number of anilines is 1. The van der Waals surface area contributed by atoms with Gasteiger partial charge in [-0.15, -0.1) is 0 Å². The second kappa shape index (κ2) is 9.15. The third-order valence-corrected chi connectivity index (χ3v) is 6.51. The van der Waals surface area contributed by atoms with Gasteiger partial charge in [0.2, 0.25) is 0 Å². The van der Waals surface area contributed by atoms with Gasteiger partial charge in [0.25, 0.3) is 5.91 Å². The van der Waals surface area contributed by atoms with Crippen molar-refractivity contribution in [3.8, 4) is 17.0 Å². The molecule has 0 aliphatic carbocycles. The Balaban J connectivity index is 1.78. The number of amides is 1. The Kier molecular flexibility index (Phi) is 6.26. The van der Waals surface area contributed by atoms with Crippen LogP contribution in [-0.2, 0) is 16.9 Å². The molecule has 0 bridgehead atoms. The zero-order valence-electron chi connectivity index (χ0n) is 17.7. The van der Waals surface area contributed by atoms with Crippen LogP contribution in [0.3, 0.4) is 0 Å². The van der Waals surface area contributed by atoms with Crippen molar-refractivity contribution in [2.45, 2.75) is 11.5 Å². The summed E-state index contributed by atoms with van der Waals surface area (Å²) in [7, 11) is -2.23. The summed E-state index contributed by atoms with van der Waals surface area (Å²) in [5.41, 5.74) is 5.97. The van der Waals surface area contributed by atoms with Crippen molar-refractivity contribution in [3.05, 3.63) is 54.6 Å². The molecule has 3 N–H and O–H groups in total. The summed E-state index contributed by atoms with van der Waals surface area (Å²) in [5.74, 6) is -1.23. The van der Waals surface area contributed by atoms with Gasteiger partial charge in [-0.3, -0.25) is 9.48 Å². The summed E-state index contributed by atoms with van der Waals surface area (Å²) in [6.45, 7) is -3.29. The number of carbonyl (C=O) groups is 1. The molecule has 4 aromatic rings. The van der Waals surface area contributed by atoms with Crippen LogP contribution in [-0.4, -0.2) is 57.6 Å². The Morgan fingerprint density at radius 2 is 2.12 bits per heavy atom. The van der Waals surface area contributed by atoms with Crippen LogP contribution in [0.2, 0.25) is 0 Å². The van der Waals surface area contributed by atoms with Gasteiger partial charge in [0.15, 0.2) is 15.5 Å². The molecule has 34 heavy (non-hydrogen) atoms. The van der Waals surface area contributed by atoms with E-state index >= 15 is 0 Å². The standard InChI is InChI=1S/C20H19F2N7O4S/c1-28-11-15(26-19(30)14-10-25-29-7-2-6-24-18(14)29)17(27-28)13-9-12(34(31,32)8-5-23)3-4-16(13)33-20(21)22/h2-4,6-7,9-11,20H,5,8,23H2,1H3,(H,26,30). The molecule has 0 spiro atoms. The molecule has 4 rings (SSSR count). The maximum Gasteiger partial charge on any atom is 0.387 e. The first-order valence-electron chi connectivity index (χ1n) is 9.85. The van der Waals surface area contributed by atoms with Gasteiger partial charge < -0.3 is 15.8 Å². The molecule has 1 aromatic carbocycles. The summed E-state index contributed by atoms with van der Waals surface area (Å²) in [6.07, 6.45) is 5.90. The van der Waals surface area contributed by atoms with Gasteiger partial charge in [-0.1, -0.05) is 0 Å². The van der Waals surface area contributed by atoms with Crippen LogP contribution in [0.1, 0.15) is 10.4 Å². The van der Waals surface area contributed by atoms with Crippen molar-refractivity contribution in [2.24, 2.45) is 12.8 Å². The maximum absolute atomic E-state index is 13.1. The predicted octanol–water partition coefficient (Wildman–Crippen LogP) is 1.72. The van der Waals surface area contributed by atoms with Crippen LogP contribution in [0.4, 0.5) is 14.5 Å². The van der Waals surface area contributed by atoms with Crippen LogP contribution in [0.25, 0.3) is 16.9 Å². The fourth-order valence-corrected chi connectivity index (χ4v) is 4.43. The number of nitrogens with two attached hydrogens (primary N) is 1. The lowest BCUT2D eigenvalue weighted by Gasteiger charge is -2.13. The molecule has 0 aliphatic heterocycles. The number of benzene rings is 1. The SMILES string of the molecule is Cn1cc(NC(=O)c2cnn3cccnc23)c(-c2cc(S(=O)(=O)CCN)ccc2OC(F)F)n1. The molecule has 0 unspecified atom stereocenters. The predicted molar refractivity (Wildman–Crippen MR) is 117 cm³/mol. The highest BCUT2D eigenvalue weighted by Gasteiger charge is 2.24. The van der Waals surface area contributed by atoms with Crippen LogP contribution >= 0.6 is 0 Å². The molecule has 11 nitrogen and oxygen atoms in total. The van der Waals surface area contributed by atoms with Gasteiger partial charge in [0.1, 0.15) is 17.0 Å². The number of aryl methyl sites for hydroxylation is 1. The normalized spacial score (nSPS) is 11.8. The lowest BCUT2D eigenvalue weighted by molar-refractivity contribution is -0.0494. The number of carbonyl (C=O) groups excluding carboxylic acids is 1. The van der Waals surface area contributed by atoms with Crippen molar-refractivity contribution >= 4 is 27.1 Å². The average Bonchev–Trinajstić information content (AvgIpc) is 3.36. The molecule has 0 atom stereocenters. The van der Waals surface area contributed by atoms with E-state index in [1.54, 1.807) is 19.3 Å². The van der Waals surface area contributed by atoms with E-state index in [0.717, 1.165) is 18.2 Å². The zero-order valence-corrected chi connectivity index (χ0v) is 18.5. The van der Waals surface area contributed by atoms with Crippen molar-refractivity contribution < 1.29 is 26.7 Å². The first-order chi connectivity index (χ1) is 16.2. The van der Waals surface area contributed by atoms with E-state index in [1.807, 2.05) is 0 Å². The van der Waals surface area contributed by atoms with Gasteiger partial charge >= 0.3 is 6.61 Å². The Labute approximate surface area is 192 Å². The number of fused-ring (bicyclic) bond motifs is 1. The largest absolute Gasteiger partial charge is 0.434 e. The van der Waals surface area contributed by atoms with E-state index in [1.165, 1.54) is 27.8 Å². The number of nitrogens with zero attached hydrogens (tertiary/aromatic N) is 5. The van der Waals surface area contributed by atoms with E-state index in [4.69, 9.17) is 5.73 Å². The molecule has 3 heterocycles. The molecular weight excluding hydrogens is 472 g/mol. The number of sulfone groups is 1. The van der Waals surface area contributed by atoms with Gasteiger partial charge in [-0.05, 0) is 24.3 Å². The summed E-state index contributed by atoms with van der Waals surface area (Å²) < 4.78 is 58.5. The Bertz CT molecular complexity index is 1470. The molecule has 178 valence electrons. The van der Waals surface area contributed by atoms with Crippen molar-refractivity contribution in [3.63, 3.8) is 0 Å². The fourth-order valence-electron chi connectivity index (χ4n) is 3.32. The molecule has 1 amide bonds. The molecular formula is C20H19F2N7O4S. The van der Waals surface area contributed by atoms with E-state index in [0.29, 0.717) is 5.65 Å². The topological polar surface area (TPSA) is 146 Å². The van der Waals surface area contributed by atoms with Gasteiger partial charge in [0, 0.05) is 37.7 Å². The Hall–Kier alpha value is -3.91. The summed E-state index contributed by atoms with van der Waals surface area (Å²) >= 11 is 0. The number of ether oxygens (including phenoxy) is 1. The summed E-state index contributed by atoms with van der Waals surface area (Å²) in [6, 6.07) is 5.08. The molecule has 0 saturated heterocycles. The first-order valence-corrected chi connectivity index (χ1v) is 11.5. The Morgan fingerprint density at radius 3 is 2.85 bits per heavy atom. The Morgan fingerprint density at radius 1 is 1.32 bits per heavy atom. The molecule has 14 heteroatoms. The third-order valence-electron chi connectivity index (χ3n) is 4.77. The van der Waals surface area contributed by atoms with Gasteiger partial charge in [-0.25, -0.2) is 17.9 Å². The number of nitrogens with one attached hydrogen (secondary N) is 1. The van der Waals surface area contributed by atoms with Crippen molar-refractivity contribution in [1.82, 2.24) is 24.4 Å². The highest BCUT2D eigenvalue weighted by Crippen LogP contribution is 2.37.